The van der Waals surface area contributed by atoms with Crippen LogP contribution in [-0.4, -0.2) is 47.7 Å². The lowest BCUT2D eigenvalue weighted by Crippen LogP contribution is -2.33. The second kappa shape index (κ2) is 7.30. The van der Waals surface area contributed by atoms with Crippen molar-refractivity contribution in [2.45, 2.75) is 4.90 Å². The lowest BCUT2D eigenvalue weighted by Gasteiger charge is -2.17. The van der Waals surface area contributed by atoms with Crippen molar-refractivity contribution in [3.63, 3.8) is 0 Å². The zero-order valence-corrected chi connectivity index (χ0v) is 13.6. The number of non-ortho nitro benzene ring substituents is 1. The van der Waals surface area contributed by atoms with Gasteiger partial charge in [0.05, 0.1) is 10.7 Å². The second-order valence-corrected chi connectivity index (χ2v) is 6.57. The highest BCUT2D eigenvalue weighted by Crippen LogP contribution is 2.28. The van der Waals surface area contributed by atoms with Crippen LogP contribution in [0.2, 0.25) is 0 Å². The molecule has 1 N–H and O–H groups in total. The fraction of sp³-hybridized carbons (Fsp3) is 0.500. The summed E-state index contributed by atoms with van der Waals surface area (Å²) in [5, 5.41) is 13.9. The summed E-state index contributed by atoms with van der Waals surface area (Å²) in [6, 6.07) is 6.33. The lowest BCUT2D eigenvalue weighted by molar-refractivity contribution is -0.384. The standard InChI is InChI=1S/C14H17N3O3S.ClH/c18-14(16-7-10-5-15-6-11(10)8-16)9-21-13-3-1-12(2-4-13)17(19)20;/h1-4,10-11,15H,5-9H2;1H/t10-,11+;. The number of nitrogens with one attached hydrogen (secondary N) is 1. The fourth-order valence-electron chi connectivity index (χ4n) is 2.96. The molecule has 0 bridgehead atoms. The van der Waals surface area contributed by atoms with E-state index >= 15 is 0 Å². The predicted octanol–water partition coefficient (Wildman–Crippen LogP) is 1.79. The van der Waals surface area contributed by atoms with Gasteiger partial charge in [0.2, 0.25) is 5.91 Å². The van der Waals surface area contributed by atoms with Gasteiger partial charge < -0.3 is 10.2 Å². The Morgan fingerprint density at radius 2 is 1.86 bits per heavy atom. The van der Waals surface area contributed by atoms with Crippen molar-refractivity contribution in [3.05, 3.63) is 34.4 Å². The van der Waals surface area contributed by atoms with Gasteiger partial charge in [-0.25, -0.2) is 0 Å². The average molecular weight is 344 g/mol. The highest BCUT2D eigenvalue weighted by atomic mass is 35.5. The normalized spacial score (nSPS) is 23.0. The van der Waals surface area contributed by atoms with E-state index in [1.165, 1.54) is 23.9 Å². The molecule has 0 radical (unpaired) electrons. The summed E-state index contributed by atoms with van der Waals surface area (Å²) in [4.78, 5) is 25.2. The lowest BCUT2D eigenvalue weighted by atomic mass is 10.0. The van der Waals surface area contributed by atoms with Crippen LogP contribution >= 0.6 is 24.2 Å². The van der Waals surface area contributed by atoms with Crippen molar-refractivity contribution < 1.29 is 9.72 Å². The van der Waals surface area contributed by atoms with Crippen LogP contribution in [0.1, 0.15) is 0 Å². The number of thioether (sulfide) groups is 1. The number of likely N-dealkylation sites (tertiary alicyclic amines) is 1. The van der Waals surface area contributed by atoms with Crippen molar-refractivity contribution in [1.82, 2.24) is 10.2 Å². The van der Waals surface area contributed by atoms with Gasteiger partial charge >= 0.3 is 0 Å². The summed E-state index contributed by atoms with van der Waals surface area (Å²) in [5.41, 5.74) is 0.0746. The molecule has 2 aliphatic heterocycles. The molecule has 1 aromatic rings. The SMILES string of the molecule is Cl.O=C(CSc1ccc([N+](=O)[O-])cc1)N1C[C@H]2CNC[C@H]2C1. The van der Waals surface area contributed by atoms with Crippen molar-refractivity contribution in [2.75, 3.05) is 31.9 Å². The number of carbonyl (C=O) groups is 1. The molecular weight excluding hydrogens is 326 g/mol. The van der Waals surface area contributed by atoms with E-state index in [4.69, 9.17) is 0 Å². The Labute approximate surface area is 139 Å². The van der Waals surface area contributed by atoms with Crippen LogP contribution < -0.4 is 5.32 Å². The summed E-state index contributed by atoms with van der Waals surface area (Å²) >= 11 is 1.43. The first-order chi connectivity index (χ1) is 10.1. The Balaban J connectivity index is 0.00000176. The maximum absolute atomic E-state index is 12.2. The second-order valence-electron chi connectivity index (χ2n) is 5.52. The van der Waals surface area contributed by atoms with Crippen molar-refractivity contribution in [1.29, 1.82) is 0 Å². The van der Waals surface area contributed by atoms with Crippen molar-refractivity contribution in [2.24, 2.45) is 11.8 Å². The highest BCUT2D eigenvalue weighted by molar-refractivity contribution is 8.00. The summed E-state index contributed by atoms with van der Waals surface area (Å²) in [6.45, 7) is 3.75. The molecule has 6 nitrogen and oxygen atoms in total. The minimum atomic E-state index is -0.420. The van der Waals surface area contributed by atoms with Crippen molar-refractivity contribution in [3.8, 4) is 0 Å². The number of amides is 1. The molecular formula is C14H18ClN3O3S. The zero-order chi connectivity index (χ0) is 14.8. The van der Waals surface area contributed by atoms with Gasteiger partial charge in [0.1, 0.15) is 0 Å². The molecule has 2 saturated heterocycles. The van der Waals surface area contributed by atoms with Crippen LogP contribution in [0.4, 0.5) is 5.69 Å². The Morgan fingerprint density at radius 1 is 1.27 bits per heavy atom. The zero-order valence-electron chi connectivity index (χ0n) is 11.9. The van der Waals surface area contributed by atoms with Gasteiger partial charge in [-0.15, -0.1) is 24.2 Å². The van der Waals surface area contributed by atoms with Crippen LogP contribution in [0, 0.1) is 22.0 Å². The molecule has 2 aliphatic rings. The van der Waals surface area contributed by atoms with Crippen LogP contribution in [0.5, 0.6) is 0 Å². The van der Waals surface area contributed by atoms with E-state index in [0.717, 1.165) is 31.1 Å². The maximum Gasteiger partial charge on any atom is 0.269 e. The van der Waals surface area contributed by atoms with E-state index < -0.39 is 4.92 Å². The van der Waals surface area contributed by atoms with Gasteiger partial charge in [-0.2, -0.15) is 0 Å². The van der Waals surface area contributed by atoms with Crippen LogP contribution in [0.25, 0.3) is 0 Å². The van der Waals surface area contributed by atoms with Gasteiger partial charge in [-0.05, 0) is 24.0 Å². The highest BCUT2D eigenvalue weighted by Gasteiger charge is 2.37. The number of fused-ring (bicyclic) bond motifs is 1. The van der Waals surface area contributed by atoms with E-state index in [1.54, 1.807) is 12.1 Å². The molecule has 2 heterocycles. The van der Waals surface area contributed by atoms with Crippen molar-refractivity contribution >= 4 is 35.8 Å². The molecule has 0 aromatic heterocycles. The number of rotatable bonds is 4. The van der Waals surface area contributed by atoms with Crippen LogP contribution in [0.3, 0.4) is 0 Å². The van der Waals surface area contributed by atoms with Crippen LogP contribution in [-0.2, 0) is 4.79 Å². The van der Waals surface area contributed by atoms with Gasteiger partial charge in [0, 0.05) is 43.2 Å². The molecule has 1 aromatic carbocycles. The third-order valence-corrected chi connectivity index (χ3v) is 5.15. The molecule has 22 heavy (non-hydrogen) atoms. The number of carbonyl (C=O) groups excluding carboxylic acids is 1. The molecule has 0 spiro atoms. The first kappa shape index (κ1) is 17.1. The Hall–Kier alpha value is -1.31. The summed E-state index contributed by atoms with van der Waals surface area (Å²) in [6.07, 6.45) is 0. The monoisotopic (exact) mass is 343 g/mol. The van der Waals surface area contributed by atoms with E-state index in [2.05, 4.69) is 5.32 Å². The number of halogens is 1. The number of hydrogen-bond acceptors (Lipinski definition) is 5. The van der Waals surface area contributed by atoms with Gasteiger partial charge in [-0.3, -0.25) is 14.9 Å². The summed E-state index contributed by atoms with van der Waals surface area (Å²) in [7, 11) is 0. The fourth-order valence-corrected chi connectivity index (χ4v) is 3.76. The van der Waals surface area contributed by atoms with E-state index in [-0.39, 0.29) is 24.0 Å². The Kier molecular flexibility index (Phi) is 5.66. The first-order valence-corrected chi connectivity index (χ1v) is 7.98. The minimum absolute atomic E-state index is 0. The molecule has 2 atom stereocenters. The third kappa shape index (κ3) is 3.71. The molecule has 2 fully saturated rings. The van der Waals surface area contributed by atoms with E-state index in [9.17, 15) is 14.9 Å². The smallest absolute Gasteiger partial charge is 0.269 e. The number of hydrogen-bond donors (Lipinski definition) is 1. The molecule has 0 aliphatic carbocycles. The number of nitro benzene ring substituents is 1. The van der Waals surface area contributed by atoms with Gasteiger partial charge in [-0.1, -0.05) is 0 Å². The quantitative estimate of drug-likeness (QED) is 0.512. The van der Waals surface area contributed by atoms with E-state index in [0.29, 0.717) is 17.6 Å². The first-order valence-electron chi connectivity index (χ1n) is 6.99. The number of benzene rings is 1. The van der Waals surface area contributed by atoms with E-state index in [1.807, 2.05) is 4.90 Å². The van der Waals surface area contributed by atoms with Gasteiger partial charge in [0.15, 0.2) is 0 Å². The van der Waals surface area contributed by atoms with Gasteiger partial charge in [0.25, 0.3) is 5.69 Å². The summed E-state index contributed by atoms with van der Waals surface area (Å²) in [5.74, 6) is 1.77. The third-order valence-electron chi connectivity index (χ3n) is 4.15. The topological polar surface area (TPSA) is 75.5 Å². The Morgan fingerprint density at radius 3 is 2.41 bits per heavy atom. The molecule has 0 saturated carbocycles. The maximum atomic E-state index is 12.2. The summed E-state index contributed by atoms with van der Waals surface area (Å²) < 4.78 is 0. The Bertz CT molecular complexity index is 543. The minimum Gasteiger partial charge on any atom is -0.341 e. The molecule has 3 rings (SSSR count). The average Bonchev–Trinajstić information content (AvgIpc) is 3.06. The molecule has 120 valence electrons. The number of nitrogens with zero attached hydrogens (tertiary/aromatic N) is 2. The predicted molar refractivity (Wildman–Crippen MR) is 87.5 cm³/mol. The molecule has 1 amide bonds. The molecule has 0 unspecified atom stereocenters. The van der Waals surface area contributed by atoms with Crippen LogP contribution in [0.15, 0.2) is 29.2 Å². The molecule has 8 heteroatoms. The largest absolute Gasteiger partial charge is 0.341 e. The number of nitro groups is 1.